The molecule has 37 heavy (non-hydrogen) atoms. The molecule has 2 saturated heterocycles. The molecule has 1 spiro atoms. The molecule has 202 valence electrons. The summed E-state index contributed by atoms with van der Waals surface area (Å²) in [4.78, 5) is 25.9. The van der Waals surface area contributed by atoms with Crippen molar-refractivity contribution in [3.63, 3.8) is 0 Å². The van der Waals surface area contributed by atoms with E-state index in [1.54, 1.807) is 6.07 Å². The van der Waals surface area contributed by atoms with E-state index in [2.05, 4.69) is 42.1 Å². The molecule has 0 bridgehead atoms. The van der Waals surface area contributed by atoms with Crippen LogP contribution in [0.3, 0.4) is 0 Å². The van der Waals surface area contributed by atoms with Crippen LogP contribution in [0.5, 0.6) is 5.75 Å². The molecule has 0 atom stereocenters. The smallest absolute Gasteiger partial charge is 0.487 e. The molecule has 11 heteroatoms. The molecule has 4 heterocycles. The molecule has 0 unspecified atom stereocenters. The number of para-hydroxylation sites is 1. The Bertz CT molecular complexity index is 1100. The number of fused-ring (bicyclic) bond motifs is 1. The van der Waals surface area contributed by atoms with Gasteiger partial charge in [0, 0.05) is 37.7 Å². The predicted molar refractivity (Wildman–Crippen MR) is 127 cm³/mol. The number of carboxylic acid groups (broad SMARTS) is 1. The SMILES string of the molecule is CC1(C)Cc2cccc(CN3CCC4(CC3)CCN(C(=O)c3ccno3)CC4)c2O1.O=C(O)C(F)(F)F. The molecule has 1 aromatic carbocycles. The number of alkyl halides is 3. The number of benzene rings is 1. The zero-order chi connectivity index (χ0) is 26.8. The highest BCUT2D eigenvalue weighted by molar-refractivity contribution is 5.91. The Morgan fingerprint density at radius 1 is 1.05 bits per heavy atom. The van der Waals surface area contributed by atoms with Gasteiger partial charge < -0.3 is 19.3 Å². The van der Waals surface area contributed by atoms with Gasteiger partial charge in [-0.1, -0.05) is 23.4 Å². The van der Waals surface area contributed by atoms with Crippen LogP contribution in [0.25, 0.3) is 0 Å². The lowest BCUT2D eigenvalue weighted by Crippen LogP contribution is -2.48. The van der Waals surface area contributed by atoms with E-state index in [1.807, 2.05) is 4.90 Å². The summed E-state index contributed by atoms with van der Waals surface area (Å²) in [6.07, 6.45) is 2.01. The highest BCUT2D eigenvalue weighted by Gasteiger charge is 2.40. The molecule has 2 aromatic rings. The van der Waals surface area contributed by atoms with E-state index < -0.39 is 12.1 Å². The van der Waals surface area contributed by atoms with Gasteiger partial charge in [0.05, 0.1) is 6.20 Å². The maximum atomic E-state index is 12.5. The largest absolute Gasteiger partial charge is 0.490 e. The minimum atomic E-state index is -5.08. The number of halogens is 3. The second kappa shape index (κ2) is 10.4. The summed E-state index contributed by atoms with van der Waals surface area (Å²) in [6.45, 7) is 9.16. The fourth-order valence-electron chi connectivity index (χ4n) is 5.40. The van der Waals surface area contributed by atoms with E-state index in [0.717, 1.165) is 57.7 Å². The van der Waals surface area contributed by atoms with Gasteiger partial charge in [-0.05, 0) is 63.6 Å². The normalized spacial score (nSPS) is 20.5. The van der Waals surface area contributed by atoms with Crippen LogP contribution in [0.15, 0.2) is 35.0 Å². The van der Waals surface area contributed by atoms with Crippen LogP contribution in [0.4, 0.5) is 13.2 Å². The Labute approximate surface area is 213 Å². The molecule has 1 aromatic heterocycles. The van der Waals surface area contributed by atoms with E-state index in [-0.39, 0.29) is 11.5 Å². The van der Waals surface area contributed by atoms with E-state index in [4.69, 9.17) is 19.2 Å². The number of likely N-dealkylation sites (tertiary alicyclic amines) is 2. The average molecular weight is 524 g/mol. The minimum Gasteiger partial charge on any atom is -0.487 e. The summed E-state index contributed by atoms with van der Waals surface area (Å²) < 4.78 is 43.0. The lowest BCUT2D eigenvalue weighted by molar-refractivity contribution is -0.192. The number of hydrogen-bond donors (Lipinski definition) is 1. The lowest BCUT2D eigenvalue weighted by atomic mass is 9.71. The first-order valence-electron chi connectivity index (χ1n) is 12.4. The van der Waals surface area contributed by atoms with Crippen LogP contribution < -0.4 is 4.74 Å². The zero-order valence-electron chi connectivity index (χ0n) is 21.0. The molecule has 2 fully saturated rings. The van der Waals surface area contributed by atoms with E-state index in [0.29, 0.717) is 11.2 Å². The first-order valence-corrected chi connectivity index (χ1v) is 12.4. The second-order valence-corrected chi connectivity index (χ2v) is 10.7. The summed E-state index contributed by atoms with van der Waals surface area (Å²) in [5, 5.41) is 10.8. The molecule has 8 nitrogen and oxygen atoms in total. The van der Waals surface area contributed by atoms with Crippen LogP contribution in [-0.4, -0.2) is 69.9 Å². The molecule has 0 radical (unpaired) electrons. The molecule has 3 aliphatic rings. The Hall–Kier alpha value is -3.08. The first-order chi connectivity index (χ1) is 17.4. The zero-order valence-corrected chi connectivity index (χ0v) is 21.0. The third kappa shape index (κ3) is 6.44. The van der Waals surface area contributed by atoms with Crippen LogP contribution in [-0.2, 0) is 17.8 Å². The first kappa shape index (κ1) is 27.0. The monoisotopic (exact) mass is 523 g/mol. The van der Waals surface area contributed by atoms with Crippen molar-refractivity contribution in [2.24, 2.45) is 5.41 Å². The van der Waals surface area contributed by atoms with Gasteiger partial charge in [0.2, 0.25) is 5.76 Å². The number of aliphatic carboxylic acids is 1. The quantitative estimate of drug-likeness (QED) is 0.631. The van der Waals surface area contributed by atoms with Gasteiger partial charge in [-0.3, -0.25) is 9.69 Å². The highest BCUT2D eigenvalue weighted by atomic mass is 19.4. The van der Waals surface area contributed by atoms with Gasteiger partial charge in [0.25, 0.3) is 5.91 Å². The molecular formula is C26H32F3N3O5. The number of nitrogens with zero attached hydrogens (tertiary/aromatic N) is 3. The fraction of sp³-hybridized carbons (Fsp3) is 0.577. The third-order valence-electron chi connectivity index (χ3n) is 7.49. The van der Waals surface area contributed by atoms with Crippen LogP contribution in [0.1, 0.15) is 61.2 Å². The Morgan fingerprint density at radius 2 is 1.68 bits per heavy atom. The summed E-state index contributed by atoms with van der Waals surface area (Å²) >= 11 is 0. The summed E-state index contributed by atoms with van der Waals surface area (Å²) in [6, 6.07) is 8.24. The average Bonchev–Trinajstić information content (AvgIpc) is 3.48. The number of carbonyl (C=O) groups excluding carboxylic acids is 1. The van der Waals surface area contributed by atoms with Gasteiger partial charge in [-0.25, -0.2) is 4.79 Å². The van der Waals surface area contributed by atoms with Crippen LogP contribution >= 0.6 is 0 Å². The number of amides is 1. The molecule has 3 aliphatic heterocycles. The van der Waals surface area contributed by atoms with Crippen molar-refractivity contribution in [3.05, 3.63) is 47.3 Å². The molecular weight excluding hydrogens is 491 g/mol. The van der Waals surface area contributed by atoms with Crippen molar-refractivity contribution in [2.75, 3.05) is 26.2 Å². The number of hydrogen-bond acceptors (Lipinski definition) is 6. The Kier molecular flexibility index (Phi) is 7.55. The van der Waals surface area contributed by atoms with E-state index >= 15 is 0 Å². The van der Waals surface area contributed by atoms with Crippen molar-refractivity contribution in [2.45, 2.75) is 64.3 Å². The van der Waals surface area contributed by atoms with Crippen LogP contribution in [0, 0.1) is 5.41 Å². The topological polar surface area (TPSA) is 96.1 Å². The molecule has 1 N–H and O–H groups in total. The number of aromatic nitrogens is 1. The third-order valence-corrected chi connectivity index (χ3v) is 7.49. The number of ether oxygens (including phenoxy) is 1. The van der Waals surface area contributed by atoms with E-state index in [1.165, 1.54) is 30.2 Å². The highest BCUT2D eigenvalue weighted by Crippen LogP contribution is 2.43. The molecule has 1 amide bonds. The van der Waals surface area contributed by atoms with Crippen molar-refractivity contribution in [3.8, 4) is 5.75 Å². The second-order valence-electron chi connectivity index (χ2n) is 10.7. The summed E-state index contributed by atoms with van der Waals surface area (Å²) in [5.74, 6) is -1.32. The Morgan fingerprint density at radius 3 is 2.24 bits per heavy atom. The van der Waals surface area contributed by atoms with Gasteiger partial charge in [-0.15, -0.1) is 0 Å². The van der Waals surface area contributed by atoms with Crippen molar-refractivity contribution in [1.82, 2.24) is 15.0 Å². The number of carboxylic acids is 1. The van der Waals surface area contributed by atoms with Gasteiger partial charge >= 0.3 is 12.1 Å². The van der Waals surface area contributed by atoms with Gasteiger partial charge in [0.1, 0.15) is 11.4 Å². The van der Waals surface area contributed by atoms with E-state index in [9.17, 15) is 18.0 Å². The minimum absolute atomic E-state index is 0.0272. The summed E-state index contributed by atoms with van der Waals surface area (Å²) in [7, 11) is 0. The van der Waals surface area contributed by atoms with Crippen molar-refractivity contribution >= 4 is 11.9 Å². The maximum Gasteiger partial charge on any atom is 0.490 e. The van der Waals surface area contributed by atoms with Crippen molar-refractivity contribution in [1.29, 1.82) is 0 Å². The maximum absolute atomic E-state index is 12.5. The molecule has 0 saturated carbocycles. The fourth-order valence-corrected chi connectivity index (χ4v) is 5.40. The summed E-state index contributed by atoms with van der Waals surface area (Å²) in [5.41, 5.74) is 2.95. The lowest BCUT2D eigenvalue weighted by Gasteiger charge is -2.46. The number of rotatable bonds is 3. The van der Waals surface area contributed by atoms with Gasteiger partial charge in [-0.2, -0.15) is 13.2 Å². The number of carbonyl (C=O) groups is 2. The predicted octanol–water partition coefficient (Wildman–Crippen LogP) is 4.54. The van der Waals surface area contributed by atoms with Crippen molar-refractivity contribution < 1.29 is 37.1 Å². The standard InChI is InChI=1S/C24H31N3O3.C2HF3O2/c1-23(2)16-18-4-3-5-19(21(18)29-23)17-26-12-7-24(8-13-26)9-14-27(15-10-24)22(28)20-6-11-25-30-20;3-2(4,5)1(6)7/h3-6,11H,7-10,12-17H2,1-2H3;(H,6,7). The molecule has 0 aliphatic carbocycles. The number of piperidine rings is 2. The Balaban J connectivity index is 0.000000405. The van der Waals surface area contributed by atoms with Crippen LogP contribution in [0.2, 0.25) is 0 Å². The molecule has 5 rings (SSSR count). The van der Waals surface area contributed by atoms with Gasteiger partial charge in [0.15, 0.2) is 0 Å².